The minimum atomic E-state index is 0. The van der Waals surface area contributed by atoms with Gasteiger partial charge in [-0.15, -0.1) is 24.8 Å². The van der Waals surface area contributed by atoms with Crippen LogP contribution in [0.4, 0.5) is 5.69 Å². The van der Waals surface area contributed by atoms with E-state index in [-0.39, 0.29) is 24.8 Å². The predicted molar refractivity (Wildman–Crippen MR) is 138 cm³/mol. The second kappa shape index (κ2) is 12.7. The summed E-state index contributed by atoms with van der Waals surface area (Å²) in [6.07, 6.45) is 6.62. The molecule has 3 N–H and O–H groups in total. The molecule has 5 nitrogen and oxygen atoms in total. The first-order valence-corrected chi connectivity index (χ1v) is 11.0. The highest BCUT2D eigenvalue weighted by Crippen LogP contribution is 2.29. The Bertz CT molecular complexity index is 980. The number of anilines is 1. The molecule has 0 bridgehead atoms. The summed E-state index contributed by atoms with van der Waals surface area (Å²) < 4.78 is 11.5. The molecule has 0 spiro atoms. The summed E-state index contributed by atoms with van der Waals surface area (Å²) in [4.78, 5) is 4.65. The highest BCUT2D eigenvalue weighted by molar-refractivity contribution is 6.09. The molecule has 0 radical (unpaired) electrons. The van der Waals surface area contributed by atoms with E-state index in [1.54, 1.807) is 6.26 Å². The van der Waals surface area contributed by atoms with Gasteiger partial charge in [-0.2, -0.15) is 0 Å². The molecule has 4 rings (SSSR count). The molecule has 1 aliphatic carbocycles. The van der Waals surface area contributed by atoms with Crippen molar-refractivity contribution in [2.75, 3.05) is 25.0 Å². The lowest BCUT2D eigenvalue weighted by atomic mass is 9.82. The standard InChI is InChI=1S/C25H31N3O2.2ClH/c1-2-27-25(21-7-12-24-20(15-21)13-14-29-24)28-22-8-10-23(11-9-22)30-17-19-5-3-18(16-26)4-6-19;;/h7-15,18-19H,2-6,16-17,26H2,1H3,(H,27,28);2*1H. The molecule has 1 aromatic heterocycles. The van der Waals surface area contributed by atoms with Gasteiger partial charge in [0, 0.05) is 23.2 Å². The monoisotopic (exact) mass is 477 g/mol. The fourth-order valence-corrected chi connectivity index (χ4v) is 4.09. The first kappa shape index (κ1) is 26.0. The molecule has 0 saturated heterocycles. The van der Waals surface area contributed by atoms with Crippen LogP contribution in [0.2, 0.25) is 0 Å². The number of aliphatic imine (C=N–C) groups is 1. The predicted octanol–water partition coefficient (Wildman–Crippen LogP) is 6.30. The number of benzene rings is 2. The second-order valence-corrected chi connectivity index (χ2v) is 8.08. The van der Waals surface area contributed by atoms with E-state index in [1.165, 1.54) is 25.7 Å². The topological polar surface area (TPSA) is 72.8 Å². The van der Waals surface area contributed by atoms with Crippen molar-refractivity contribution in [2.24, 2.45) is 22.6 Å². The third-order valence-corrected chi connectivity index (χ3v) is 5.94. The van der Waals surface area contributed by atoms with Crippen molar-refractivity contribution in [1.29, 1.82) is 0 Å². The number of amidine groups is 1. The molecular weight excluding hydrogens is 445 g/mol. The molecule has 32 heavy (non-hydrogen) atoms. The van der Waals surface area contributed by atoms with Crippen LogP contribution in [0.5, 0.6) is 5.75 Å². The molecule has 7 heteroatoms. The average molecular weight is 478 g/mol. The summed E-state index contributed by atoms with van der Waals surface area (Å²) >= 11 is 0. The summed E-state index contributed by atoms with van der Waals surface area (Å²) in [6, 6.07) is 16.2. The molecule has 1 heterocycles. The number of halogens is 2. The first-order valence-electron chi connectivity index (χ1n) is 11.0. The lowest BCUT2D eigenvalue weighted by molar-refractivity contribution is 0.185. The molecule has 0 aliphatic heterocycles. The quantitative estimate of drug-likeness (QED) is 0.309. The van der Waals surface area contributed by atoms with Crippen LogP contribution >= 0.6 is 24.8 Å². The van der Waals surface area contributed by atoms with Gasteiger partial charge in [-0.05, 0) is 99.5 Å². The molecule has 2 aromatic carbocycles. The van der Waals surface area contributed by atoms with Crippen LogP contribution in [0.15, 0.2) is 64.2 Å². The van der Waals surface area contributed by atoms with E-state index in [2.05, 4.69) is 16.4 Å². The fraction of sp³-hybridized carbons (Fsp3) is 0.400. The van der Waals surface area contributed by atoms with Crippen LogP contribution < -0.4 is 15.8 Å². The number of furan rings is 1. The van der Waals surface area contributed by atoms with Gasteiger partial charge in [0.2, 0.25) is 0 Å². The molecular formula is C25H33Cl2N3O2. The maximum absolute atomic E-state index is 6.05. The average Bonchev–Trinajstić information content (AvgIpc) is 3.26. The Morgan fingerprint density at radius 1 is 1.03 bits per heavy atom. The van der Waals surface area contributed by atoms with E-state index in [0.29, 0.717) is 18.4 Å². The molecule has 174 valence electrons. The number of fused-ring (bicyclic) bond motifs is 1. The number of hydrogen-bond donors (Lipinski definition) is 2. The van der Waals surface area contributed by atoms with Gasteiger partial charge in [0.1, 0.15) is 17.2 Å². The molecule has 3 aromatic rings. The first-order chi connectivity index (χ1) is 14.7. The van der Waals surface area contributed by atoms with Crippen molar-refractivity contribution in [3.05, 3.63) is 60.4 Å². The largest absolute Gasteiger partial charge is 0.493 e. The number of nitrogens with zero attached hydrogens (tertiary/aromatic N) is 1. The molecule has 1 saturated carbocycles. The third-order valence-electron chi connectivity index (χ3n) is 5.94. The SMILES string of the molecule is CCN=C(Nc1ccc(OCC2CCC(CN)CC2)cc1)c1ccc2occc2c1.Cl.Cl. The molecule has 1 aliphatic rings. The van der Waals surface area contributed by atoms with Crippen LogP contribution in [-0.4, -0.2) is 25.5 Å². The van der Waals surface area contributed by atoms with Crippen LogP contribution in [0.1, 0.15) is 38.2 Å². The van der Waals surface area contributed by atoms with Gasteiger partial charge in [-0.3, -0.25) is 4.99 Å². The molecule has 0 unspecified atom stereocenters. The van der Waals surface area contributed by atoms with Crippen molar-refractivity contribution in [2.45, 2.75) is 32.6 Å². The summed E-state index contributed by atoms with van der Waals surface area (Å²) in [5.74, 6) is 3.12. The lowest BCUT2D eigenvalue weighted by Gasteiger charge is -2.27. The van der Waals surface area contributed by atoms with Gasteiger partial charge in [-0.25, -0.2) is 0 Å². The second-order valence-electron chi connectivity index (χ2n) is 8.08. The lowest BCUT2D eigenvalue weighted by Crippen LogP contribution is -2.24. The Hall–Kier alpha value is -2.21. The summed E-state index contributed by atoms with van der Waals surface area (Å²) in [5, 5.41) is 4.52. The normalized spacial score (nSPS) is 18.5. The van der Waals surface area contributed by atoms with Gasteiger partial charge in [-0.1, -0.05) is 0 Å². The van der Waals surface area contributed by atoms with Gasteiger partial charge in [0.15, 0.2) is 0 Å². The van der Waals surface area contributed by atoms with Gasteiger partial charge in [0.25, 0.3) is 0 Å². The number of hydrogen-bond acceptors (Lipinski definition) is 4. The van der Waals surface area contributed by atoms with Crippen molar-refractivity contribution in [1.82, 2.24) is 0 Å². The van der Waals surface area contributed by atoms with Crippen molar-refractivity contribution in [3.63, 3.8) is 0 Å². The Morgan fingerprint density at radius 3 is 2.44 bits per heavy atom. The smallest absolute Gasteiger partial charge is 0.133 e. The van der Waals surface area contributed by atoms with Crippen LogP contribution in [0.3, 0.4) is 0 Å². The Morgan fingerprint density at radius 2 is 1.75 bits per heavy atom. The molecule has 0 atom stereocenters. The third kappa shape index (κ3) is 6.64. The minimum absolute atomic E-state index is 0. The van der Waals surface area contributed by atoms with Crippen molar-refractivity contribution >= 4 is 47.3 Å². The van der Waals surface area contributed by atoms with Crippen LogP contribution in [-0.2, 0) is 0 Å². The van der Waals surface area contributed by atoms with Gasteiger partial charge in [0.05, 0.1) is 12.9 Å². The van der Waals surface area contributed by atoms with E-state index in [0.717, 1.165) is 47.0 Å². The highest BCUT2D eigenvalue weighted by atomic mass is 35.5. The zero-order valence-electron chi connectivity index (χ0n) is 18.5. The molecule has 1 fully saturated rings. The zero-order valence-corrected chi connectivity index (χ0v) is 20.1. The van der Waals surface area contributed by atoms with Gasteiger partial charge >= 0.3 is 0 Å². The van der Waals surface area contributed by atoms with E-state index in [1.807, 2.05) is 49.4 Å². The number of nitrogens with one attached hydrogen (secondary N) is 1. The summed E-state index contributed by atoms with van der Waals surface area (Å²) in [6.45, 7) is 4.36. The van der Waals surface area contributed by atoms with Crippen molar-refractivity contribution < 1.29 is 9.15 Å². The minimum Gasteiger partial charge on any atom is -0.493 e. The van der Waals surface area contributed by atoms with E-state index < -0.39 is 0 Å². The van der Waals surface area contributed by atoms with Crippen LogP contribution in [0.25, 0.3) is 11.0 Å². The maximum Gasteiger partial charge on any atom is 0.133 e. The summed E-state index contributed by atoms with van der Waals surface area (Å²) in [7, 11) is 0. The zero-order chi connectivity index (χ0) is 20.8. The number of nitrogens with two attached hydrogens (primary N) is 1. The fourth-order valence-electron chi connectivity index (χ4n) is 4.09. The van der Waals surface area contributed by atoms with Crippen LogP contribution in [0, 0.1) is 11.8 Å². The van der Waals surface area contributed by atoms with E-state index in [9.17, 15) is 0 Å². The number of ether oxygens (including phenoxy) is 1. The van der Waals surface area contributed by atoms with Crippen molar-refractivity contribution in [3.8, 4) is 5.75 Å². The Labute approximate surface area is 202 Å². The van der Waals surface area contributed by atoms with E-state index in [4.69, 9.17) is 14.9 Å². The van der Waals surface area contributed by atoms with Gasteiger partial charge < -0.3 is 20.2 Å². The Kier molecular flexibility index (Phi) is 10.4. The molecule has 0 amide bonds. The van der Waals surface area contributed by atoms with E-state index >= 15 is 0 Å². The summed E-state index contributed by atoms with van der Waals surface area (Å²) in [5.41, 5.74) is 8.70. The Balaban J connectivity index is 0.00000181. The maximum atomic E-state index is 6.05. The highest BCUT2D eigenvalue weighted by Gasteiger charge is 2.20. The number of rotatable bonds is 7.